The van der Waals surface area contributed by atoms with Crippen LogP contribution >= 0.6 is 0 Å². The largest absolute Gasteiger partial charge is 0.481 e. The van der Waals surface area contributed by atoms with Crippen LogP contribution in [0.2, 0.25) is 0 Å². The lowest BCUT2D eigenvalue weighted by atomic mass is 9.90. The summed E-state index contributed by atoms with van der Waals surface area (Å²) in [4.78, 5) is 22.7. The number of carboxylic acids is 1. The van der Waals surface area contributed by atoms with Crippen molar-refractivity contribution < 1.29 is 14.7 Å². The predicted molar refractivity (Wildman–Crippen MR) is 66.5 cm³/mol. The molecule has 0 aliphatic rings. The normalized spacial score (nSPS) is 14.6. The Labute approximate surface area is 103 Å². The lowest BCUT2D eigenvalue weighted by Gasteiger charge is -2.17. The number of nitrogens with two attached hydrogens (primary N) is 2. The van der Waals surface area contributed by atoms with Gasteiger partial charge in [0.1, 0.15) is 0 Å². The smallest absolute Gasteiger partial charge is 0.306 e. The highest BCUT2D eigenvalue weighted by Crippen LogP contribution is 2.16. The Hall–Kier alpha value is -0.940. The molecule has 0 amide bonds. The summed E-state index contributed by atoms with van der Waals surface area (Å²) >= 11 is 0. The highest BCUT2D eigenvalue weighted by Gasteiger charge is 2.25. The van der Waals surface area contributed by atoms with Gasteiger partial charge in [0.15, 0.2) is 5.78 Å². The van der Waals surface area contributed by atoms with Crippen molar-refractivity contribution in [1.29, 1.82) is 0 Å². The Bertz CT molecular complexity index is 254. The summed E-state index contributed by atoms with van der Waals surface area (Å²) in [5, 5.41) is 9.02. The van der Waals surface area contributed by atoms with Gasteiger partial charge in [-0.3, -0.25) is 9.59 Å². The number of hydrogen-bond acceptors (Lipinski definition) is 4. The zero-order valence-electron chi connectivity index (χ0n) is 10.7. The second-order valence-electron chi connectivity index (χ2n) is 4.76. The molecular weight excluding hydrogens is 220 g/mol. The van der Waals surface area contributed by atoms with Gasteiger partial charge in [0.25, 0.3) is 0 Å². The summed E-state index contributed by atoms with van der Waals surface area (Å²) < 4.78 is 0. The number of hydrogen-bond donors (Lipinski definition) is 3. The van der Waals surface area contributed by atoms with E-state index in [1.165, 1.54) is 0 Å². The summed E-state index contributed by atoms with van der Waals surface area (Å²) in [5.74, 6) is -1.67. The number of unbranched alkanes of at least 4 members (excludes halogenated alkanes) is 1. The molecule has 17 heavy (non-hydrogen) atoms. The molecule has 0 aromatic rings. The van der Waals surface area contributed by atoms with Gasteiger partial charge in [-0.2, -0.15) is 0 Å². The molecule has 5 heteroatoms. The van der Waals surface area contributed by atoms with Gasteiger partial charge in [0, 0.05) is 6.42 Å². The Balaban J connectivity index is 4.25. The minimum atomic E-state index is -0.925. The first-order chi connectivity index (χ1) is 7.90. The summed E-state index contributed by atoms with van der Waals surface area (Å²) in [6, 6.07) is -0.564. The second kappa shape index (κ2) is 8.20. The molecule has 0 saturated carbocycles. The zero-order valence-corrected chi connectivity index (χ0v) is 10.7. The number of carbonyl (C=O) groups is 2. The molecule has 0 heterocycles. The minimum Gasteiger partial charge on any atom is -0.481 e. The Morgan fingerprint density at radius 3 is 2.24 bits per heavy atom. The van der Waals surface area contributed by atoms with Gasteiger partial charge in [-0.05, 0) is 25.3 Å². The second-order valence-corrected chi connectivity index (χ2v) is 4.76. The van der Waals surface area contributed by atoms with Crippen molar-refractivity contribution in [2.45, 2.75) is 45.6 Å². The number of ketones is 1. The molecule has 0 bridgehead atoms. The molecule has 0 saturated heterocycles. The van der Waals surface area contributed by atoms with Crippen LogP contribution in [0.15, 0.2) is 0 Å². The van der Waals surface area contributed by atoms with E-state index in [9.17, 15) is 9.59 Å². The third-order valence-electron chi connectivity index (χ3n) is 2.89. The molecule has 0 aromatic carbocycles. The van der Waals surface area contributed by atoms with E-state index in [4.69, 9.17) is 16.6 Å². The van der Waals surface area contributed by atoms with Crippen molar-refractivity contribution in [3.05, 3.63) is 0 Å². The molecule has 0 spiro atoms. The van der Waals surface area contributed by atoms with E-state index in [0.29, 0.717) is 13.0 Å². The molecule has 5 N–H and O–H groups in total. The van der Waals surface area contributed by atoms with Crippen molar-refractivity contribution in [2.24, 2.45) is 23.3 Å². The quantitative estimate of drug-likeness (QED) is 0.519. The fraction of sp³-hybridized carbons (Fsp3) is 0.833. The third-order valence-corrected chi connectivity index (χ3v) is 2.89. The van der Waals surface area contributed by atoms with Crippen molar-refractivity contribution >= 4 is 11.8 Å². The molecule has 100 valence electrons. The van der Waals surface area contributed by atoms with E-state index in [1.54, 1.807) is 0 Å². The maximum atomic E-state index is 11.7. The van der Waals surface area contributed by atoms with E-state index in [0.717, 1.165) is 12.8 Å². The van der Waals surface area contributed by atoms with E-state index >= 15 is 0 Å². The zero-order chi connectivity index (χ0) is 13.4. The first-order valence-corrected chi connectivity index (χ1v) is 6.11. The monoisotopic (exact) mass is 244 g/mol. The van der Waals surface area contributed by atoms with Gasteiger partial charge >= 0.3 is 5.97 Å². The summed E-state index contributed by atoms with van der Waals surface area (Å²) in [6.07, 6.45) is 2.04. The third kappa shape index (κ3) is 6.38. The van der Waals surface area contributed by atoms with Crippen LogP contribution in [-0.2, 0) is 9.59 Å². The molecule has 0 aromatic heterocycles. The Morgan fingerprint density at radius 2 is 1.82 bits per heavy atom. The highest BCUT2D eigenvalue weighted by atomic mass is 16.4. The fourth-order valence-electron chi connectivity index (χ4n) is 1.60. The molecule has 0 aliphatic carbocycles. The van der Waals surface area contributed by atoms with Crippen molar-refractivity contribution in [2.75, 3.05) is 6.54 Å². The average Bonchev–Trinajstić information content (AvgIpc) is 2.26. The summed E-state index contributed by atoms with van der Waals surface area (Å²) in [7, 11) is 0. The van der Waals surface area contributed by atoms with Gasteiger partial charge in [-0.25, -0.2) is 0 Å². The van der Waals surface area contributed by atoms with Crippen LogP contribution in [0.4, 0.5) is 0 Å². The van der Waals surface area contributed by atoms with Crippen LogP contribution in [0.25, 0.3) is 0 Å². The van der Waals surface area contributed by atoms with Crippen LogP contribution in [0.3, 0.4) is 0 Å². The number of rotatable bonds is 9. The maximum absolute atomic E-state index is 11.7. The standard InChI is InChI=1S/C12H24N2O3/c1-8(2)11(14)10(15)7-9(12(16)17)5-3-4-6-13/h8-9,11H,3-7,13-14H2,1-2H3,(H,16,17). The summed E-state index contributed by atoms with van der Waals surface area (Å²) in [6.45, 7) is 4.26. The van der Waals surface area contributed by atoms with E-state index < -0.39 is 17.9 Å². The molecule has 0 fully saturated rings. The SMILES string of the molecule is CC(C)C(N)C(=O)CC(CCCCN)C(=O)O. The van der Waals surface area contributed by atoms with Crippen molar-refractivity contribution in [1.82, 2.24) is 0 Å². The number of Topliss-reactive ketones (excluding diaryl/α,β-unsaturated/α-hetero) is 1. The molecule has 0 radical (unpaired) electrons. The average molecular weight is 244 g/mol. The lowest BCUT2D eigenvalue weighted by Crippen LogP contribution is -2.37. The Morgan fingerprint density at radius 1 is 1.24 bits per heavy atom. The first-order valence-electron chi connectivity index (χ1n) is 6.11. The van der Waals surface area contributed by atoms with Gasteiger partial charge in [-0.15, -0.1) is 0 Å². The fourth-order valence-corrected chi connectivity index (χ4v) is 1.60. The van der Waals surface area contributed by atoms with Gasteiger partial charge in [0.2, 0.25) is 0 Å². The van der Waals surface area contributed by atoms with Crippen LogP contribution < -0.4 is 11.5 Å². The van der Waals surface area contributed by atoms with Gasteiger partial charge in [-0.1, -0.05) is 20.3 Å². The first kappa shape index (κ1) is 16.1. The predicted octanol–water partition coefficient (Wildman–Crippen LogP) is 0.759. The Kier molecular flexibility index (Phi) is 7.74. The van der Waals surface area contributed by atoms with E-state index in [1.807, 2.05) is 13.8 Å². The highest BCUT2D eigenvalue weighted by molar-refractivity contribution is 5.87. The van der Waals surface area contributed by atoms with Gasteiger partial charge in [0.05, 0.1) is 12.0 Å². The topological polar surface area (TPSA) is 106 Å². The van der Waals surface area contributed by atoms with Crippen molar-refractivity contribution in [3.8, 4) is 0 Å². The number of carbonyl (C=O) groups excluding carboxylic acids is 1. The molecule has 5 nitrogen and oxygen atoms in total. The molecule has 2 atom stereocenters. The van der Waals surface area contributed by atoms with Crippen LogP contribution in [0.1, 0.15) is 39.5 Å². The van der Waals surface area contributed by atoms with Crippen LogP contribution in [0.5, 0.6) is 0 Å². The minimum absolute atomic E-state index is 0.0270. The van der Waals surface area contributed by atoms with Crippen LogP contribution in [0, 0.1) is 11.8 Å². The molecule has 0 rings (SSSR count). The van der Waals surface area contributed by atoms with Crippen molar-refractivity contribution in [3.63, 3.8) is 0 Å². The lowest BCUT2D eigenvalue weighted by molar-refractivity contribution is -0.144. The number of aliphatic carboxylic acids is 1. The van der Waals surface area contributed by atoms with Gasteiger partial charge < -0.3 is 16.6 Å². The maximum Gasteiger partial charge on any atom is 0.306 e. The molecule has 2 unspecified atom stereocenters. The molecular formula is C12H24N2O3. The van der Waals surface area contributed by atoms with E-state index in [-0.39, 0.29) is 18.1 Å². The van der Waals surface area contributed by atoms with E-state index in [2.05, 4.69) is 0 Å². The number of carboxylic acid groups (broad SMARTS) is 1. The van der Waals surface area contributed by atoms with Crippen LogP contribution in [-0.4, -0.2) is 29.4 Å². The summed E-state index contributed by atoms with van der Waals surface area (Å²) in [5.41, 5.74) is 11.0. The molecule has 0 aliphatic heterocycles.